The molecule has 0 saturated heterocycles. The Labute approximate surface area is 163 Å². The third-order valence-corrected chi connectivity index (χ3v) is 4.38. The van der Waals surface area contributed by atoms with Crippen LogP contribution in [0.2, 0.25) is 0 Å². The molecule has 1 aromatic rings. The molecule has 0 aliphatic heterocycles. The van der Waals surface area contributed by atoms with Crippen molar-refractivity contribution in [3.8, 4) is 17.2 Å². The Kier molecular flexibility index (Phi) is 8.93. The maximum atomic E-state index is 11.6. The Morgan fingerprint density at radius 1 is 1.14 bits per heavy atom. The van der Waals surface area contributed by atoms with Crippen LogP contribution in [0.4, 0.5) is 5.69 Å². The zero-order valence-corrected chi connectivity index (χ0v) is 16.9. The third-order valence-electron chi connectivity index (χ3n) is 4.38. The fraction of sp³-hybridized carbons (Fsp3) is 0.611. The Bertz CT molecular complexity index is 692. The Morgan fingerprint density at radius 3 is 2.18 bits per heavy atom. The van der Waals surface area contributed by atoms with Gasteiger partial charge in [0.1, 0.15) is 0 Å². The zero-order valence-electron chi connectivity index (χ0n) is 16.9. The topological polar surface area (TPSA) is 127 Å². The summed E-state index contributed by atoms with van der Waals surface area (Å²) in [5, 5.41) is 21.5. The van der Waals surface area contributed by atoms with E-state index in [2.05, 4.69) is 4.74 Å². The average Bonchev–Trinajstić information content (AvgIpc) is 2.69. The summed E-state index contributed by atoms with van der Waals surface area (Å²) >= 11 is 0. The van der Waals surface area contributed by atoms with Crippen molar-refractivity contribution in [2.75, 3.05) is 35.5 Å². The first-order valence-electron chi connectivity index (χ1n) is 8.50. The Balaban J connectivity index is 3.26. The van der Waals surface area contributed by atoms with Crippen LogP contribution in [0.3, 0.4) is 0 Å². The third kappa shape index (κ3) is 5.23. The van der Waals surface area contributed by atoms with Gasteiger partial charge in [-0.3, -0.25) is 10.1 Å². The molecule has 158 valence electrons. The number of aliphatic hydroxyl groups excluding tert-OH is 1. The Morgan fingerprint density at radius 2 is 1.75 bits per heavy atom. The molecule has 0 saturated carbocycles. The van der Waals surface area contributed by atoms with Gasteiger partial charge in [-0.15, -0.1) is 0 Å². The second kappa shape index (κ2) is 10.7. The van der Waals surface area contributed by atoms with Crippen molar-refractivity contribution in [3.05, 3.63) is 21.7 Å². The minimum atomic E-state index is -1.44. The number of ether oxygens (including phenoxy) is 5. The van der Waals surface area contributed by atoms with Gasteiger partial charge in [0.25, 0.3) is 0 Å². The first-order valence-corrected chi connectivity index (χ1v) is 8.50. The van der Waals surface area contributed by atoms with E-state index in [4.69, 9.17) is 18.9 Å². The molecule has 0 amide bonds. The molecule has 0 fully saturated rings. The summed E-state index contributed by atoms with van der Waals surface area (Å²) in [6, 6.07) is 1.24. The SMILES string of the molecule is COC(=O)[C@@H](O)[C@H](C[C@H](C)Cc1c(OC)c(OC)cc([N+](=O)[O-])c1OC)OC. The van der Waals surface area contributed by atoms with Crippen LogP contribution in [0.15, 0.2) is 6.07 Å². The predicted octanol–water partition coefficient (Wildman–Crippen LogP) is 1.74. The molecule has 1 rings (SSSR count). The van der Waals surface area contributed by atoms with Gasteiger partial charge in [-0.25, -0.2) is 4.79 Å². The van der Waals surface area contributed by atoms with E-state index in [1.807, 2.05) is 6.92 Å². The van der Waals surface area contributed by atoms with Gasteiger partial charge in [0.15, 0.2) is 17.6 Å². The van der Waals surface area contributed by atoms with Gasteiger partial charge < -0.3 is 28.8 Å². The highest BCUT2D eigenvalue weighted by Crippen LogP contribution is 2.45. The van der Waals surface area contributed by atoms with E-state index in [-0.39, 0.29) is 35.9 Å². The van der Waals surface area contributed by atoms with E-state index in [0.717, 1.165) is 0 Å². The van der Waals surface area contributed by atoms with E-state index < -0.39 is 23.1 Å². The number of nitrogens with zero attached hydrogens (tertiary/aromatic N) is 1. The summed E-state index contributed by atoms with van der Waals surface area (Å²) in [5.74, 6) is -0.378. The molecule has 0 aliphatic carbocycles. The predicted molar refractivity (Wildman–Crippen MR) is 99.1 cm³/mol. The first kappa shape index (κ1) is 23.4. The monoisotopic (exact) mass is 401 g/mol. The summed E-state index contributed by atoms with van der Waals surface area (Å²) in [6.45, 7) is 1.85. The van der Waals surface area contributed by atoms with Gasteiger partial charge in [0.05, 0.1) is 45.5 Å². The zero-order chi connectivity index (χ0) is 21.4. The standard InChI is InChI=1S/C18H27NO9/c1-10(8-13(24-2)15(20)18(21)28-6)7-11-16(26-4)12(19(22)23)9-14(25-3)17(11)27-5/h9-10,13,15,20H,7-8H2,1-6H3/t10-,13+,15+/m1/s1. The molecule has 10 nitrogen and oxygen atoms in total. The summed E-state index contributed by atoms with van der Waals surface area (Å²) in [5.41, 5.74) is 0.200. The van der Waals surface area contributed by atoms with Crippen LogP contribution in [-0.4, -0.2) is 63.8 Å². The van der Waals surface area contributed by atoms with Crippen molar-refractivity contribution < 1.29 is 38.5 Å². The second-order valence-electron chi connectivity index (χ2n) is 6.19. The van der Waals surface area contributed by atoms with Crippen molar-refractivity contribution in [1.82, 2.24) is 0 Å². The number of hydrogen-bond acceptors (Lipinski definition) is 9. The quantitative estimate of drug-likeness (QED) is 0.335. The lowest BCUT2D eigenvalue weighted by molar-refractivity contribution is -0.385. The number of methoxy groups -OCH3 is 5. The molecule has 1 aromatic carbocycles. The fourth-order valence-electron chi connectivity index (χ4n) is 3.04. The first-order chi connectivity index (χ1) is 13.2. The molecule has 0 aromatic heterocycles. The van der Waals surface area contributed by atoms with E-state index in [1.165, 1.54) is 41.6 Å². The van der Waals surface area contributed by atoms with Crippen LogP contribution < -0.4 is 14.2 Å². The summed E-state index contributed by atoms with van der Waals surface area (Å²) < 4.78 is 25.7. The van der Waals surface area contributed by atoms with E-state index in [0.29, 0.717) is 11.3 Å². The summed E-state index contributed by atoms with van der Waals surface area (Å²) in [7, 11) is 6.69. The highest BCUT2D eigenvalue weighted by molar-refractivity contribution is 5.74. The number of nitro groups is 1. The molecular formula is C18H27NO9. The molecule has 0 bridgehead atoms. The number of carbonyl (C=O) groups is 1. The van der Waals surface area contributed by atoms with Crippen LogP contribution >= 0.6 is 0 Å². The van der Waals surface area contributed by atoms with E-state index in [9.17, 15) is 20.0 Å². The maximum absolute atomic E-state index is 11.6. The van der Waals surface area contributed by atoms with Crippen molar-refractivity contribution in [2.24, 2.45) is 5.92 Å². The highest BCUT2D eigenvalue weighted by Gasteiger charge is 2.31. The highest BCUT2D eigenvalue weighted by atomic mass is 16.6. The van der Waals surface area contributed by atoms with Crippen molar-refractivity contribution in [2.45, 2.75) is 32.0 Å². The lowest BCUT2D eigenvalue weighted by Crippen LogP contribution is -2.37. The van der Waals surface area contributed by atoms with Crippen LogP contribution in [0.25, 0.3) is 0 Å². The normalized spacial score (nSPS) is 14.0. The molecule has 0 spiro atoms. The lowest BCUT2D eigenvalue weighted by atomic mass is 9.92. The van der Waals surface area contributed by atoms with Crippen molar-refractivity contribution in [3.63, 3.8) is 0 Å². The van der Waals surface area contributed by atoms with Crippen molar-refractivity contribution >= 4 is 11.7 Å². The van der Waals surface area contributed by atoms with E-state index >= 15 is 0 Å². The summed E-state index contributed by atoms with van der Waals surface area (Å²) in [6.07, 6.45) is -1.68. The molecule has 3 atom stereocenters. The van der Waals surface area contributed by atoms with E-state index in [1.54, 1.807) is 0 Å². The number of benzene rings is 1. The number of rotatable bonds is 11. The lowest BCUT2D eigenvalue weighted by Gasteiger charge is -2.24. The van der Waals surface area contributed by atoms with Gasteiger partial charge in [-0.05, 0) is 18.8 Å². The number of esters is 1. The average molecular weight is 401 g/mol. The Hall–Kier alpha value is -2.59. The maximum Gasteiger partial charge on any atom is 0.337 e. The minimum Gasteiger partial charge on any atom is -0.493 e. The molecule has 28 heavy (non-hydrogen) atoms. The van der Waals surface area contributed by atoms with Gasteiger partial charge in [0.2, 0.25) is 5.75 Å². The summed E-state index contributed by atoms with van der Waals surface area (Å²) in [4.78, 5) is 22.4. The number of carbonyl (C=O) groups excluding carboxylic acids is 1. The molecular weight excluding hydrogens is 374 g/mol. The van der Waals surface area contributed by atoms with Crippen molar-refractivity contribution in [1.29, 1.82) is 0 Å². The van der Waals surface area contributed by atoms with Gasteiger partial charge in [-0.2, -0.15) is 0 Å². The van der Waals surface area contributed by atoms with Gasteiger partial charge >= 0.3 is 11.7 Å². The molecule has 10 heteroatoms. The van der Waals surface area contributed by atoms with Crippen LogP contribution in [0.5, 0.6) is 17.2 Å². The molecule has 0 unspecified atom stereocenters. The van der Waals surface area contributed by atoms with Gasteiger partial charge in [0, 0.05) is 12.7 Å². The van der Waals surface area contributed by atoms with Gasteiger partial charge in [-0.1, -0.05) is 6.92 Å². The largest absolute Gasteiger partial charge is 0.493 e. The molecule has 0 radical (unpaired) electrons. The van der Waals surface area contributed by atoms with Crippen LogP contribution in [0, 0.1) is 16.0 Å². The van der Waals surface area contributed by atoms with Crippen LogP contribution in [-0.2, 0) is 20.7 Å². The second-order valence-corrected chi connectivity index (χ2v) is 6.19. The smallest absolute Gasteiger partial charge is 0.337 e. The number of aliphatic hydroxyl groups is 1. The molecule has 0 aliphatic rings. The number of hydrogen-bond donors (Lipinski definition) is 1. The number of nitro benzene ring substituents is 1. The molecule has 1 N–H and O–H groups in total. The van der Waals surface area contributed by atoms with Crippen LogP contribution in [0.1, 0.15) is 18.9 Å². The molecule has 0 heterocycles. The minimum absolute atomic E-state index is 0.0667. The fourth-order valence-corrected chi connectivity index (χ4v) is 3.04.